The Balaban J connectivity index is 1.96. The number of aromatic nitrogens is 1. The van der Waals surface area contributed by atoms with Crippen molar-refractivity contribution in [3.8, 4) is 0 Å². The number of nitrogens with zero attached hydrogens (tertiary/aromatic N) is 1. The first kappa shape index (κ1) is 14.1. The van der Waals surface area contributed by atoms with Gasteiger partial charge in [-0.2, -0.15) is 0 Å². The third-order valence-electron chi connectivity index (χ3n) is 3.39. The number of ether oxygens (including phenoxy) is 1. The van der Waals surface area contributed by atoms with Crippen molar-refractivity contribution in [1.29, 1.82) is 0 Å². The van der Waals surface area contributed by atoms with E-state index in [4.69, 9.17) is 10.5 Å². The van der Waals surface area contributed by atoms with E-state index in [1.807, 2.05) is 0 Å². The van der Waals surface area contributed by atoms with Crippen LogP contribution < -0.4 is 5.73 Å². The van der Waals surface area contributed by atoms with Gasteiger partial charge in [0.25, 0.3) is 0 Å². The molecule has 0 spiro atoms. The van der Waals surface area contributed by atoms with Crippen molar-refractivity contribution in [2.45, 2.75) is 32.7 Å². The lowest BCUT2D eigenvalue weighted by atomic mass is 10.1. The number of hydrogen-bond acceptors (Lipinski definition) is 2. The van der Waals surface area contributed by atoms with Crippen LogP contribution in [-0.2, 0) is 17.7 Å². The van der Waals surface area contributed by atoms with Crippen LogP contribution in [0.15, 0.2) is 30.5 Å². The molecule has 2 rings (SSSR count). The van der Waals surface area contributed by atoms with Gasteiger partial charge in [-0.1, -0.05) is 19.4 Å². The van der Waals surface area contributed by atoms with E-state index in [0.29, 0.717) is 6.54 Å². The summed E-state index contributed by atoms with van der Waals surface area (Å²) in [5.74, 6) is 0. The highest BCUT2D eigenvalue weighted by Crippen LogP contribution is 2.18. The lowest BCUT2D eigenvalue weighted by Crippen LogP contribution is -2.06. The summed E-state index contributed by atoms with van der Waals surface area (Å²) < 4.78 is 7.88. The topological polar surface area (TPSA) is 40.2 Å². The number of unbranched alkanes of at least 4 members (excludes halogenated alkanes) is 1. The van der Waals surface area contributed by atoms with Crippen LogP contribution in [0, 0.1) is 0 Å². The molecule has 1 heterocycles. The Labute approximate surface area is 115 Å². The third-order valence-corrected chi connectivity index (χ3v) is 3.39. The molecule has 104 valence electrons. The Morgan fingerprint density at radius 3 is 2.89 bits per heavy atom. The van der Waals surface area contributed by atoms with Gasteiger partial charge in [-0.15, -0.1) is 0 Å². The van der Waals surface area contributed by atoms with Crippen LogP contribution >= 0.6 is 0 Å². The Morgan fingerprint density at radius 1 is 1.21 bits per heavy atom. The van der Waals surface area contributed by atoms with E-state index in [0.717, 1.165) is 32.6 Å². The number of rotatable bonds is 8. The van der Waals surface area contributed by atoms with Crippen LogP contribution in [0.25, 0.3) is 10.9 Å². The molecular weight excluding hydrogens is 236 g/mol. The first-order valence-electron chi connectivity index (χ1n) is 7.20. The molecule has 3 heteroatoms. The zero-order valence-electron chi connectivity index (χ0n) is 11.8. The average Bonchev–Trinajstić information content (AvgIpc) is 2.82. The summed E-state index contributed by atoms with van der Waals surface area (Å²) in [6, 6.07) is 8.76. The van der Waals surface area contributed by atoms with Gasteiger partial charge in [-0.05, 0) is 48.5 Å². The van der Waals surface area contributed by atoms with Gasteiger partial charge in [0.1, 0.15) is 0 Å². The number of fused-ring (bicyclic) bond motifs is 1. The zero-order valence-corrected chi connectivity index (χ0v) is 11.8. The van der Waals surface area contributed by atoms with E-state index in [-0.39, 0.29) is 0 Å². The van der Waals surface area contributed by atoms with E-state index in [1.54, 1.807) is 0 Å². The summed E-state index contributed by atoms with van der Waals surface area (Å²) in [5.41, 5.74) is 8.18. The van der Waals surface area contributed by atoms with Gasteiger partial charge in [0.05, 0.1) is 6.61 Å². The molecule has 0 radical (unpaired) electrons. The second kappa shape index (κ2) is 7.31. The highest BCUT2D eigenvalue weighted by molar-refractivity contribution is 5.80. The lowest BCUT2D eigenvalue weighted by Gasteiger charge is -2.07. The molecule has 2 N–H and O–H groups in total. The van der Waals surface area contributed by atoms with Crippen molar-refractivity contribution in [3.63, 3.8) is 0 Å². The molecular formula is C16H24N2O. The standard InChI is InChI=1S/C16H24N2O/c1-2-3-11-19-12-10-18-9-7-15-13-14(6-8-17)4-5-16(15)18/h4-5,7,9,13H,2-3,6,8,10-12,17H2,1H3. The van der Waals surface area contributed by atoms with Crippen LogP contribution in [0.3, 0.4) is 0 Å². The Hall–Kier alpha value is -1.32. The van der Waals surface area contributed by atoms with Crippen LogP contribution in [0.2, 0.25) is 0 Å². The summed E-state index contributed by atoms with van der Waals surface area (Å²) in [5, 5.41) is 1.29. The summed E-state index contributed by atoms with van der Waals surface area (Å²) in [4.78, 5) is 0. The Bertz CT molecular complexity index is 504. The van der Waals surface area contributed by atoms with Gasteiger partial charge in [-0.3, -0.25) is 0 Å². The molecule has 1 aromatic carbocycles. The van der Waals surface area contributed by atoms with Gasteiger partial charge < -0.3 is 15.0 Å². The molecule has 0 fully saturated rings. The van der Waals surface area contributed by atoms with Crippen LogP contribution in [0.4, 0.5) is 0 Å². The number of nitrogens with two attached hydrogens (primary N) is 1. The predicted molar refractivity (Wildman–Crippen MR) is 80.4 cm³/mol. The molecule has 0 unspecified atom stereocenters. The normalized spacial score (nSPS) is 11.3. The average molecular weight is 260 g/mol. The number of benzene rings is 1. The smallest absolute Gasteiger partial charge is 0.0645 e. The van der Waals surface area contributed by atoms with Crippen molar-refractivity contribution < 1.29 is 4.74 Å². The van der Waals surface area contributed by atoms with Crippen molar-refractivity contribution >= 4 is 10.9 Å². The lowest BCUT2D eigenvalue weighted by molar-refractivity contribution is 0.124. The highest BCUT2D eigenvalue weighted by atomic mass is 16.5. The van der Waals surface area contributed by atoms with E-state index in [2.05, 4.69) is 42.0 Å². The van der Waals surface area contributed by atoms with Crippen LogP contribution in [0.5, 0.6) is 0 Å². The summed E-state index contributed by atoms with van der Waals surface area (Å²) >= 11 is 0. The van der Waals surface area contributed by atoms with Crippen molar-refractivity contribution in [2.24, 2.45) is 5.73 Å². The molecule has 0 aliphatic heterocycles. The second-order valence-electron chi connectivity index (χ2n) is 4.91. The van der Waals surface area contributed by atoms with Crippen molar-refractivity contribution in [2.75, 3.05) is 19.8 Å². The maximum absolute atomic E-state index is 5.62. The van der Waals surface area contributed by atoms with E-state index in [9.17, 15) is 0 Å². The molecule has 0 amide bonds. The maximum Gasteiger partial charge on any atom is 0.0645 e. The first-order chi connectivity index (χ1) is 9.35. The molecule has 0 aliphatic carbocycles. The Kier molecular flexibility index (Phi) is 5.43. The minimum atomic E-state index is 0.706. The molecule has 0 aliphatic rings. The fraction of sp³-hybridized carbons (Fsp3) is 0.500. The minimum absolute atomic E-state index is 0.706. The van der Waals surface area contributed by atoms with E-state index in [1.165, 1.54) is 22.9 Å². The van der Waals surface area contributed by atoms with Gasteiger partial charge in [0, 0.05) is 24.9 Å². The first-order valence-corrected chi connectivity index (χ1v) is 7.20. The van der Waals surface area contributed by atoms with Gasteiger partial charge >= 0.3 is 0 Å². The van der Waals surface area contributed by atoms with Gasteiger partial charge in [-0.25, -0.2) is 0 Å². The Morgan fingerprint density at radius 2 is 2.11 bits per heavy atom. The molecule has 1 aromatic heterocycles. The fourth-order valence-corrected chi connectivity index (χ4v) is 2.28. The predicted octanol–water partition coefficient (Wildman–Crippen LogP) is 2.96. The van der Waals surface area contributed by atoms with Gasteiger partial charge in [0.2, 0.25) is 0 Å². The zero-order chi connectivity index (χ0) is 13.5. The molecule has 0 saturated carbocycles. The van der Waals surface area contributed by atoms with E-state index >= 15 is 0 Å². The maximum atomic E-state index is 5.62. The largest absolute Gasteiger partial charge is 0.380 e. The molecule has 19 heavy (non-hydrogen) atoms. The van der Waals surface area contributed by atoms with E-state index < -0.39 is 0 Å². The minimum Gasteiger partial charge on any atom is -0.380 e. The highest BCUT2D eigenvalue weighted by Gasteiger charge is 2.02. The monoisotopic (exact) mass is 260 g/mol. The third kappa shape index (κ3) is 3.82. The molecule has 2 aromatic rings. The molecule has 0 atom stereocenters. The summed E-state index contributed by atoms with van der Waals surface area (Å²) in [6.45, 7) is 5.47. The SMILES string of the molecule is CCCCOCCn1ccc2cc(CCN)ccc21. The number of hydrogen-bond donors (Lipinski definition) is 1. The quantitative estimate of drug-likeness (QED) is 0.741. The molecule has 3 nitrogen and oxygen atoms in total. The fourth-order valence-electron chi connectivity index (χ4n) is 2.28. The van der Waals surface area contributed by atoms with Crippen LogP contribution in [-0.4, -0.2) is 24.3 Å². The molecule has 0 bridgehead atoms. The van der Waals surface area contributed by atoms with Crippen molar-refractivity contribution in [1.82, 2.24) is 4.57 Å². The van der Waals surface area contributed by atoms with Gasteiger partial charge in [0.15, 0.2) is 0 Å². The van der Waals surface area contributed by atoms with Crippen LogP contribution in [0.1, 0.15) is 25.3 Å². The summed E-state index contributed by atoms with van der Waals surface area (Å²) in [6.07, 6.45) is 5.42. The molecule has 0 saturated heterocycles. The summed E-state index contributed by atoms with van der Waals surface area (Å²) in [7, 11) is 0. The van der Waals surface area contributed by atoms with Crippen molar-refractivity contribution in [3.05, 3.63) is 36.0 Å². The second-order valence-corrected chi connectivity index (χ2v) is 4.91.